The van der Waals surface area contributed by atoms with Crippen LogP contribution in [0, 0.1) is 5.82 Å². The maximum Gasteiger partial charge on any atom is 0.270 e. The minimum Gasteiger partial charge on any atom is -0.380 e. The lowest BCUT2D eigenvalue weighted by molar-refractivity contribution is 0.0946. The van der Waals surface area contributed by atoms with Crippen molar-refractivity contribution in [1.82, 2.24) is 15.3 Å². The van der Waals surface area contributed by atoms with E-state index in [1.54, 1.807) is 25.4 Å². The predicted molar refractivity (Wildman–Crippen MR) is 108 cm³/mol. The topological polar surface area (TPSA) is 67.0 Å². The molecule has 0 aliphatic rings. The third kappa shape index (κ3) is 3.12. The van der Waals surface area contributed by atoms with Gasteiger partial charge in [0.1, 0.15) is 11.5 Å². The van der Waals surface area contributed by atoms with Crippen LogP contribution in [-0.4, -0.2) is 29.5 Å². The van der Waals surface area contributed by atoms with Crippen LogP contribution in [-0.2, 0) is 11.3 Å². The van der Waals surface area contributed by atoms with Crippen molar-refractivity contribution in [1.29, 1.82) is 0 Å². The Balaban J connectivity index is 1.96. The summed E-state index contributed by atoms with van der Waals surface area (Å²) in [5, 5.41) is 4.69. The lowest BCUT2D eigenvalue weighted by Crippen LogP contribution is -2.25. The molecule has 5 nitrogen and oxygen atoms in total. The van der Waals surface area contributed by atoms with Gasteiger partial charge in [0.25, 0.3) is 5.91 Å². The first kappa shape index (κ1) is 18.1. The number of H-pyrrole nitrogens is 1. The third-order valence-electron chi connectivity index (χ3n) is 4.76. The van der Waals surface area contributed by atoms with Crippen LogP contribution in [0.15, 0.2) is 48.7 Å². The first-order chi connectivity index (χ1) is 13.6. The van der Waals surface area contributed by atoms with Gasteiger partial charge in [0.05, 0.1) is 18.3 Å². The number of carbonyl (C=O) groups excluding carboxylic acids is 1. The largest absolute Gasteiger partial charge is 0.380 e. The number of aromatic amines is 1. The van der Waals surface area contributed by atoms with Crippen LogP contribution >= 0.6 is 0 Å². The Morgan fingerprint density at radius 3 is 2.61 bits per heavy atom. The van der Waals surface area contributed by atoms with Crippen molar-refractivity contribution in [3.63, 3.8) is 0 Å². The summed E-state index contributed by atoms with van der Waals surface area (Å²) in [6.07, 6.45) is 1.68. The van der Waals surface area contributed by atoms with Crippen molar-refractivity contribution in [2.75, 3.05) is 13.7 Å². The molecule has 2 N–H and O–H groups in total. The second-order valence-corrected chi connectivity index (χ2v) is 6.56. The number of aromatic nitrogens is 2. The van der Waals surface area contributed by atoms with E-state index >= 15 is 0 Å². The summed E-state index contributed by atoms with van der Waals surface area (Å²) in [7, 11) is 1.60. The summed E-state index contributed by atoms with van der Waals surface area (Å²) in [5.41, 5.74) is 4.77. The van der Waals surface area contributed by atoms with E-state index in [0.29, 0.717) is 12.2 Å². The fourth-order valence-corrected chi connectivity index (χ4v) is 3.51. The maximum atomic E-state index is 13.3. The van der Waals surface area contributed by atoms with E-state index in [0.717, 1.165) is 38.5 Å². The standard InChI is InChI=1S/C22H20FN3O2/c1-3-24-22(27)21-17(12-28-2)20-16-10-14(13-4-7-15(23)8-5-13)6-9-18(16)26-19(20)11-25-21/h4-11,26H,3,12H2,1-2H3,(H,24,27). The highest BCUT2D eigenvalue weighted by Crippen LogP contribution is 2.33. The van der Waals surface area contributed by atoms with Gasteiger partial charge in [-0.3, -0.25) is 4.79 Å². The number of nitrogens with zero attached hydrogens (tertiary/aromatic N) is 1. The zero-order chi connectivity index (χ0) is 19.7. The highest BCUT2D eigenvalue weighted by atomic mass is 19.1. The van der Waals surface area contributed by atoms with Gasteiger partial charge < -0.3 is 15.0 Å². The molecule has 4 aromatic rings. The van der Waals surface area contributed by atoms with Crippen molar-refractivity contribution in [3.8, 4) is 11.1 Å². The molecule has 1 amide bonds. The molecule has 0 fully saturated rings. The lowest BCUT2D eigenvalue weighted by atomic mass is 10.0. The summed E-state index contributed by atoms with van der Waals surface area (Å²) >= 11 is 0. The van der Waals surface area contributed by atoms with Gasteiger partial charge in [0.2, 0.25) is 0 Å². The van der Waals surface area contributed by atoms with E-state index in [9.17, 15) is 9.18 Å². The first-order valence-corrected chi connectivity index (χ1v) is 9.08. The van der Waals surface area contributed by atoms with Gasteiger partial charge in [-0.25, -0.2) is 9.37 Å². The van der Waals surface area contributed by atoms with Crippen LogP contribution in [0.25, 0.3) is 32.9 Å². The molecule has 2 aromatic carbocycles. The summed E-state index contributed by atoms with van der Waals surface area (Å²) in [6, 6.07) is 12.4. The van der Waals surface area contributed by atoms with Crippen LogP contribution in [0.4, 0.5) is 4.39 Å². The number of benzene rings is 2. The van der Waals surface area contributed by atoms with Crippen LogP contribution < -0.4 is 5.32 Å². The molecule has 0 unspecified atom stereocenters. The molecular formula is C22H20FN3O2. The number of fused-ring (bicyclic) bond motifs is 3. The summed E-state index contributed by atoms with van der Waals surface area (Å²) in [4.78, 5) is 20.2. The van der Waals surface area contributed by atoms with E-state index in [1.807, 2.05) is 25.1 Å². The second-order valence-electron chi connectivity index (χ2n) is 6.56. The van der Waals surface area contributed by atoms with E-state index in [2.05, 4.69) is 15.3 Å². The molecule has 2 aromatic heterocycles. The fraction of sp³-hybridized carbons (Fsp3) is 0.182. The number of pyridine rings is 1. The Hall–Kier alpha value is -3.25. The number of carbonyl (C=O) groups is 1. The molecule has 0 atom stereocenters. The molecule has 142 valence electrons. The van der Waals surface area contributed by atoms with Crippen molar-refractivity contribution in [3.05, 3.63) is 65.7 Å². The number of hydrogen-bond acceptors (Lipinski definition) is 3. The van der Waals surface area contributed by atoms with Crippen molar-refractivity contribution in [2.24, 2.45) is 0 Å². The predicted octanol–water partition coefficient (Wildman–Crippen LogP) is 4.42. The molecule has 0 saturated carbocycles. The van der Waals surface area contributed by atoms with Gasteiger partial charge in [-0.15, -0.1) is 0 Å². The molecule has 0 aliphatic heterocycles. The Kier molecular flexibility index (Phi) is 4.79. The highest BCUT2D eigenvalue weighted by molar-refractivity contribution is 6.12. The van der Waals surface area contributed by atoms with Gasteiger partial charge in [0, 0.05) is 35.5 Å². The Labute approximate surface area is 161 Å². The van der Waals surface area contributed by atoms with E-state index in [-0.39, 0.29) is 18.3 Å². The van der Waals surface area contributed by atoms with E-state index in [1.165, 1.54) is 12.1 Å². The Morgan fingerprint density at radius 2 is 1.89 bits per heavy atom. The summed E-state index contributed by atoms with van der Waals surface area (Å²) in [5.74, 6) is -0.488. The number of hydrogen-bond donors (Lipinski definition) is 2. The lowest BCUT2D eigenvalue weighted by Gasteiger charge is -2.10. The van der Waals surface area contributed by atoms with E-state index < -0.39 is 0 Å². The summed E-state index contributed by atoms with van der Waals surface area (Å²) in [6.45, 7) is 2.66. The fourth-order valence-electron chi connectivity index (χ4n) is 3.51. The van der Waals surface area contributed by atoms with Crippen molar-refractivity contribution >= 4 is 27.7 Å². The van der Waals surface area contributed by atoms with Gasteiger partial charge in [-0.2, -0.15) is 0 Å². The quantitative estimate of drug-likeness (QED) is 0.541. The van der Waals surface area contributed by atoms with E-state index in [4.69, 9.17) is 4.74 Å². The first-order valence-electron chi connectivity index (χ1n) is 9.08. The van der Waals surface area contributed by atoms with Crippen molar-refractivity contribution < 1.29 is 13.9 Å². The molecule has 0 saturated heterocycles. The molecule has 0 spiro atoms. The van der Waals surface area contributed by atoms with Crippen molar-refractivity contribution in [2.45, 2.75) is 13.5 Å². The molecule has 4 rings (SSSR count). The minimum absolute atomic E-state index is 0.222. The van der Waals surface area contributed by atoms with Crippen LogP contribution in [0.3, 0.4) is 0 Å². The summed E-state index contributed by atoms with van der Waals surface area (Å²) < 4.78 is 18.6. The van der Waals surface area contributed by atoms with Gasteiger partial charge in [-0.1, -0.05) is 18.2 Å². The second kappa shape index (κ2) is 7.40. The monoisotopic (exact) mass is 377 g/mol. The van der Waals surface area contributed by atoms with Crippen LogP contribution in [0.2, 0.25) is 0 Å². The molecule has 0 radical (unpaired) electrons. The molecular weight excluding hydrogens is 357 g/mol. The number of methoxy groups -OCH3 is 1. The van der Waals surface area contributed by atoms with Gasteiger partial charge >= 0.3 is 0 Å². The Morgan fingerprint density at radius 1 is 1.14 bits per heavy atom. The highest BCUT2D eigenvalue weighted by Gasteiger charge is 2.19. The molecule has 28 heavy (non-hydrogen) atoms. The van der Waals surface area contributed by atoms with Crippen LogP contribution in [0.5, 0.6) is 0 Å². The third-order valence-corrected chi connectivity index (χ3v) is 4.76. The SMILES string of the molecule is CCNC(=O)c1ncc2[nH]c3ccc(-c4ccc(F)cc4)cc3c2c1COC. The Bertz CT molecular complexity index is 1170. The number of ether oxygens (including phenoxy) is 1. The number of nitrogens with one attached hydrogen (secondary N) is 2. The van der Waals surface area contributed by atoms with Gasteiger partial charge in [-0.05, 0) is 42.3 Å². The number of amides is 1. The zero-order valence-corrected chi connectivity index (χ0v) is 15.7. The average molecular weight is 377 g/mol. The zero-order valence-electron chi connectivity index (χ0n) is 15.7. The smallest absolute Gasteiger partial charge is 0.270 e. The molecule has 2 heterocycles. The number of rotatable bonds is 5. The maximum absolute atomic E-state index is 13.3. The average Bonchev–Trinajstić information content (AvgIpc) is 3.07. The molecule has 0 bridgehead atoms. The minimum atomic E-state index is -0.267. The molecule has 6 heteroatoms. The number of halogens is 1. The molecule has 0 aliphatic carbocycles. The van der Waals surface area contributed by atoms with Gasteiger partial charge in [0.15, 0.2) is 0 Å². The van der Waals surface area contributed by atoms with Crippen LogP contribution in [0.1, 0.15) is 23.0 Å². The normalized spacial score (nSPS) is 11.2.